The third kappa shape index (κ3) is 2.68. The Kier molecular flexibility index (Phi) is 3.99. The van der Waals surface area contributed by atoms with Gasteiger partial charge in [-0.2, -0.15) is 0 Å². The fourth-order valence-corrected chi connectivity index (χ4v) is 2.85. The Hall–Kier alpha value is -1.69. The molecule has 0 aromatic carbocycles. The molecule has 0 unspecified atom stereocenters. The number of carboxylic acids is 1. The number of fused-ring (bicyclic) bond motifs is 1. The molecular formula is C13H17N3O2S. The average Bonchev–Trinajstić information content (AvgIpc) is 2.77. The summed E-state index contributed by atoms with van der Waals surface area (Å²) in [6.45, 7) is 5.88. The van der Waals surface area contributed by atoms with E-state index in [4.69, 9.17) is 0 Å². The molecular weight excluding hydrogens is 262 g/mol. The quantitative estimate of drug-likeness (QED) is 0.880. The van der Waals surface area contributed by atoms with Crippen molar-refractivity contribution < 1.29 is 9.90 Å². The van der Waals surface area contributed by atoms with E-state index < -0.39 is 12.0 Å². The molecule has 2 heterocycles. The molecule has 5 nitrogen and oxygen atoms in total. The molecule has 19 heavy (non-hydrogen) atoms. The zero-order valence-corrected chi connectivity index (χ0v) is 12.0. The van der Waals surface area contributed by atoms with Gasteiger partial charge in [-0.1, -0.05) is 20.3 Å². The Bertz CT molecular complexity index is 597. The fourth-order valence-electron chi connectivity index (χ4n) is 1.96. The van der Waals surface area contributed by atoms with E-state index in [1.807, 2.05) is 26.2 Å². The monoisotopic (exact) mass is 279 g/mol. The Morgan fingerprint density at radius 3 is 2.89 bits per heavy atom. The van der Waals surface area contributed by atoms with Crippen molar-refractivity contribution >= 4 is 33.3 Å². The molecule has 102 valence electrons. The summed E-state index contributed by atoms with van der Waals surface area (Å²) in [6, 6.07) is -0.637. The summed E-state index contributed by atoms with van der Waals surface area (Å²) in [4.78, 5) is 20.6. The van der Waals surface area contributed by atoms with Crippen LogP contribution >= 0.6 is 11.3 Å². The number of aryl methyl sites for hydroxylation is 1. The molecule has 0 bridgehead atoms. The molecule has 2 rings (SSSR count). The molecule has 0 aliphatic carbocycles. The summed E-state index contributed by atoms with van der Waals surface area (Å²) >= 11 is 1.54. The molecule has 0 aliphatic rings. The third-order valence-corrected chi connectivity index (χ3v) is 4.33. The minimum absolute atomic E-state index is 0.0291. The molecule has 0 saturated heterocycles. The predicted octanol–water partition coefficient (Wildman–Crippen LogP) is 2.91. The second-order valence-electron chi connectivity index (χ2n) is 4.67. The minimum atomic E-state index is -0.853. The molecule has 2 N–H and O–H groups in total. The highest BCUT2D eigenvalue weighted by atomic mass is 32.1. The molecule has 0 saturated carbocycles. The standard InChI is InChI=1S/C13H17N3O2S/c1-4-7(2)10(13(17)18)16-11-9-8(3)5-19-12(9)15-6-14-11/h5-7,10H,4H2,1-3H3,(H,17,18)(H,14,15,16)/t7-,10-/m0/s1. The van der Waals surface area contributed by atoms with Gasteiger partial charge < -0.3 is 10.4 Å². The number of aromatic nitrogens is 2. The van der Waals surface area contributed by atoms with Crippen molar-refractivity contribution in [3.8, 4) is 0 Å². The summed E-state index contributed by atoms with van der Waals surface area (Å²) < 4.78 is 0. The van der Waals surface area contributed by atoms with Crippen LogP contribution in [0.4, 0.5) is 5.82 Å². The van der Waals surface area contributed by atoms with Crippen molar-refractivity contribution in [3.63, 3.8) is 0 Å². The van der Waals surface area contributed by atoms with Crippen LogP contribution in [0.2, 0.25) is 0 Å². The number of anilines is 1. The van der Waals surface area contributed by atoms with E-state index in [0.717, 1.165) is 22.2 Å². The minimum Gasteiger partial charge on any atom is -0.480 e. The lowest BCUT2D eigenvalue weighted by molar-refractivity contribution is -0.139. The molecule has 0 fully saturated rings. The molecule has 2 aromatic rings. The van der Waals surface area contributed by atoms with E-state index in [0.29, 0.717) is 5.82 Å². The van der Waals surface area contributed by atoms with Gasteiger partial charge in [-0.05, 0) is 23.8 Å². The van der Waals surface area contributed by atoms with Crippen molar-refractivity contribution in [2.75, 3.05) is 5.32 Å². The average molecular weight is 279 g/mol. The van der Waals surface area contributed by atoms with E-state index in [2.05, 4.69) is 15.3 Å². The van der Waals surface area contributed by atoms with E-state index in [9.17, 15) is 9.90 Å². The summed E-state index contributed by atoms with van der Waals surface area (Å²) in [5.41, 5.74) is 1.07. The van der Waals surface area contributed by atoms with Crippen LogP contribution in [-0.4, -0.2) is 27.1 Å². The number of nitrogens with zero attached hydrogens (tertiary/aromatic N) is 2. The number of rotatable bonds is 5. The first-order chi connectivity index (χ1) is 9.04. The summed E-state index contributed by atoms with van der Waals surface area (Å²) in [5.74, 6) is -0.216. The Morgan fingerprint density at radius 2 is 2.26 bits per heavy atom. The highest BCUT2D eigenvalue weighted by molar-refractivity contribution is 7.17. The van der Waals surface area contributed by atoms with Crippen LogP contribution in [0, 0.1) is 12.8 Å². The van der Waals surface area contributed by atoms with Crippen molar-refractivity contribution in [1.29, 1.82) is 0 Å². The number of aliphatic carboxylic acids is 1. The summed E-state index contributed by atoms with van der Waals surface area (Å²) in [7, 11) is 0. The first-order valence-electron chi connectivity index (χ1n) is 6.22. The first kappa shape index (κ1) is 13.7. The van der Waals surface area contributed by atoms with Gasteiger partial charge in [0.05, 0.1) is 5.39 Å². The van der Waals surface area contributed by atoms with Crippen molar-refractivity contribution in [1.82, 2.24) is 9.97 Å². The fraction of sp³-hybridized carbons (Fsp3) is 0.462. The largest absolute Gasteiger partial charge is 0.480 e. The molecule has 0 aliphatic heterocycles. The van der Waals surface area contributed by atoms with Crippen LogP contribution in [0.1, 0.15) is 25.8 Å². The highest BCUT2D eigenvalue weighted by Gasteiger charge is 2.24. The zero-order chi connectivity index (χ0) is 14.0. The van der Waals surface area contributed by atoms with Gasteiger partial charge in [0.2, 0.25) is 0 Å². The van der Waals surface area contributed by atoms with E-state index in [1.165, 1.54) is 17.7 Å². The lowest BCUT2D eigenvalue weighted by Gasteiger charge is -2.21. The molecule has 0 amide bonds. The first-order valence-corrected chi connectivity index (χ1v) is 7.10. The van der Waals surface area contributed by atoms with Crippen molar-refractivity contribution in [2.45, 2.75) is 33.2 Å². The predicted molar refractivity (Wildman–Crippen MR) is 76.7 cm³/mol. The lowest BCUT2D eigenvalue weighted by atomic mass is 9.99. The maximum atomic E-state index is 11.4. The van der Waals surface area contributed by atoms with Crippen molar-refractivity contribution in [2.24, 2.45) is 5.92 Å². The number of carboxylic acid groups (broad SMARTS) is 1. The third-order valence-electron chi connectivity index (χ3n) is 3.33. The number of nitrogens with one attached hydrogen (secondary N) is 1. The molecule has 0 radical (unpaired) electrons. The Morgan fingerprint density at radius 1 is 1.53 bits per heavy atom. The topological polar surface area (TPSA) is 75.1 Å². The van der Waals surface area contributed by atoms with E-state index in [-0.39, 0.29) is 5.92 Å². The molecule has 2 atom stereocenters. The zero-order valence-electron chi connectivity index (χ0n) is 11.2. The Labute approximate surface area is 115 Å². The van der Waals surface area contributed by atoms with Gasteiger partial charge in [0.1, 0.15) is 23.0 Å². The Balaban J connectivity index is 2.39. The van der Waals surface area contributed by atoms with Crippen LogP contribution in [-0.2, 0) is 4.79 Å². The van der Waals surface area contributed by atoms with Crippen molar-refractivity contribution in [3.05, 3.63) is 17.3 Å². The highest BCUT2D eigenvalue weighted by Crippen LogP contribution is 2.29. The van der Waals surface area contributed by atoms with Gasteiger partial charge in [-0.25, -0.2) is 14.8 Å². The van der Waals surface area contributed by atoms with Crippen LogP contribution in [0.3, 0.4) is 0 Å². The van der Waals surface area contributed by atoms with E-state index in [1.54, 1.807) is 0 Å². The lowest BCUT2D eigenvalue weighted by Crippen LogP contribution is -2.35. The van der Waals surface area contributed by atoms with E-state index >= 15 is 0 Å². The smallest absolute Gasteiger partial charge is 0.326 e. The maximum absolute atomic E-state index is 11.4. The number of carbonyl (C=O) groups is 1. The summed E-state index contributed by atoms with van der Waals surface area (Å²) in [5, 5.41) is 15.3. The van der Waals surface area contributed by atoms with Gasteiger partial charge in [-0.3, -0.25) is 0 Å². The van der Waals surface area contributed by atoms with Crippen LogP contribution in [0.25, 0.3) is 10.2 Å². The SMILES string of the molecule is CC[C@H](C)[C@H](Nc1ncnc2scc(C)c12)C(=O)O. The second-order valence-corrected chi connectivity index (χ2v) is 5.53. The molecule has 6 heteroatoms. The maximum Gasteiger partial charge on any atom is 0.326 e. The molecule has 0 spiro atoms. The number of thiophene rings is 1. The summed E-state index contributed by atoms with van der Waals surface area (Å²) in [6.07, 6.45) is 2.26. The normalized spacial score (nSPS) is 14.3. The van der Waals surface area contributed by atoms with Gasteiger partial charge in [0, 0.05) is 0 Å². The van der Waals surface area contributed by atoms with Crippen LogP contribution in [0.5, 0.6) is 0 Å². The second kappa shape index (κ2) is 5.52. The van der Waals surface area contributed by atoms with Gasteiger partial charge in [0.15, 0.2) is 0 Å². The van der Waals surface area contributed by atoms with Crippen LogP contribution < -0.4 is 5.32 Å². The van der Waals surface area contributed by atoms with Gasteiger partial charge in [-0.15, -0.1) is 11.3 Å². The molecule has 2 aromatic heterocycles. The number of hydrogen-bond donors (Lipinski definition) is 2. The van der Waals surface area contributed by atoms with Gasteiger partial charge >= 0.3 is 5.97 Å². The number of hydrogen-bond acceptors (Lipinski definition) is 5. The van der Waals surface area contributed by atoms with Crippen LogP contribution in [0.15, 0.2) is 11.7 Å². The van der Waals surface area contributed by atoms with Gasteiger partial charge in [0.25, 0.3) is 0 Å².